The van der Waals surface area contributed by atoms with E-state index in [2.05, 4.69) is 20.1 Å². The van der Waals surface area contributed by atoms with E-state index < -0.39 is 27.7 Å². The Balaban J connectivity index is 3.02. The molecule has 0 saturated heterocycles. The first kappa shape index (κ1) is 17.9. The van der Waals surface area contributed by atoms with Crippen LogP contribution in [0.15, 0.2) is 20.1 Å². The summed E-state index contributed by atoms with van der Waals surface area (Å²) in [6, 6.07) is 1.51. The Kier molecular flexibility index (Phi) is 5.40. The molecule has 1 amide bonds. The fraction of sp³-hybridized carbons (Fsp3) is 0.455. The summed E-state index contributed by atoms with van der Waals surface area (Å²) < 4.78 is 28.7. The maximum atomic E-state index is 12.0. The van der Waals surface area contributed by atoms with Gasteiger partial charge < -0.3 is 9.02 Å². The van der Waals surface area contributed by atoms with Crippen LogP contribution in [0, 0.1) is 0 Å². The first-order valence-electron chi connectivity index (χ1n) is 5.65. The number of hydrogen-bond donors (Lipinski definition) is 0. The quantitative estimate of drug-likeness (QED) is 0.560. The molecule has 118 valence electrons. The van der Waals surface area contributed by atoms with Crippen molar-refractivity contribution in [2.24, 2.45) is 0 Å². The second-order valence-corrected chi connectivity index (χ2v) is 8.42. The Morgan fingerprint density at radius 1 is 1.33 bits per heavy atom. The maximum Gasteiger partial charge on any atom is 0.459 e. The van der Waals surface area contributed by atoms with Gasteiger partial charge in [0.15, 0.2) is 4.21 Å². The molecule has 1 aromatic rings. The van der Waals surface area contributed by atoms with Crippen LogP contribution >= 0.6 is 27.3 Å². The second kappa shape index (κ2) is 6.32. The van der Waals surface area contributed by atoms with E-state index >= 15 is 0 Å². The zero-order chi connectivity index (χ0) is 16.4. The maximum absolute atomic E-state index is 12.0. The predicted octanol–water partition coefficient (Wildman–Crippen LogP) is 2.91. The molecule has 0 aliphatic carbocycles. The average molecular weight is 400 g/mol. The van der Waals surface area contributed by atoms with Gasteiger partial charge in [-0.15, -0.1) is 16.4 Å². The lowest BCUT2D eigenvalue weighted by atomic mass is 10.1. The third kappa shape index (κ3) is 4.68. The predicted molar refractivity (Wildman–Crippen MR) is 79.0 cm³/mol. The summed E-state index contributed by atoms with van der Waals surface area (Å²) in [6.07, 6.45) is -1.29. The third-order valence-electron chi connectivity index (χ3n) is 1.99. The molecule has 0 unspecified atom stereocenters. The molecule has 0 aromatic carbocycles. The van der Waals surface area contributed by atoms with E-state index in [0.29, 0.717) is 5.06 Å². The lowest BCUT2D eigenvalue weighted by Gasteiger charge is -2.31. The topological polar surface area (TPSA) is 90.0 Å². The Hall–Kier alpha value is -1.13. The summed E-state index contributed by atoms with van der Waals surface area (Å²) in [5.74, 6) is -0.767. The van der Waals surface area contributed by atoms with Crippen LogP contribution in [-0.4, -0.2) is 31.1 Å². The molecule has 0 saturated carbocycles. The molecule has 0 fully saturated rings. The number of hydroxylamine groups is 2. The summed E-state index contributed by atoms with van der Waals surface area (Å²) in [4.78, 5) is 27.7. The van der Waals surface area contributed by atoms with Gasteiger partial charge in [-0.3, -0.25) is 4.79 Å². The van der Waals surface area contributed by atoms with Gasteiger partial charge in [-0.2, -0.15) is 8.42 Å². The molecule has 0 bridgehead atoms. The molecule has 0 aliphatic heterocycles. The number of rotatable bonds is 2. The number of carbonyl (C=O) groups excluding carboxylic acids is 2. The van der Waals surface area contributed by atoms with Crippen molar-refractivity contribution in [2.45, 2.75) is 37.4 Å². The number of carbonyl (C=O) groups is 2. The van der Waals surface area contributed by atoms with Crippen molar-refractivity contribution in [3.05, 3.63) is 15.9 Å². The van der Waals surface area contributed by atoms with Crippen molar-refractivity contribution >= 4 is 49.4 Å². The van der Waals surface area contributed by atoms with Crippen LogP contribution in [0.5, 0.6) is 0 Å². The summed E-state index contributed by atoms with van der Waals surface area (Å²) in [5.41, 5.74) is -0.967. The van der Waals surface area contributed by atoms with E-state index in [1.807, 2.05) is 0 Å². The van der Waals surface area contributed by atoms with Crippen molar-refractivity contribution in [3.63, 3.8) is 0 Å². The van der Waals surface area contributed by atoms with Crippen LogP contribution in [0.3, 0.4) is 0 Å². The highest BCUT2D eigenvalue weighted by atomic mass is 79.9. The highest BCUT2D eigenvalue weighted by Crippen LogP contribution is 2.30. The molecule has 0 aliphatic rings. The molecule has 1 aromatic heterocycles. The molecule has 1 heterocycles. The fourth-order valence-electron chi connectivity index (χ4n) is 1.20. The number of hydrogen-bond acceptors (Lipinski definition) is 7. The van der Waals surface area contributed by atoms with Gasteiger partial charge in [0.05, 0.1) is 10.0 Å². The van der Waals surface area contributed by atoms with Crippen molar-refractivity contribution in [1.29, 1.82) is 0 Å². The van der Waals surface area contributed by atoms with E-state index in [9.17, 15) is 18.0 Å². The molecular weight excluding hydrogens is 386 g/mol. The van der Waals surface area contributed by atoms with Crippen LogP contribution in [0.4, 0.5) is 4.79 Å². The van der Waals surface area contributed by atoms with Gasteiger partial charge in [-0.25, -0.2) is 4.79 Å². The average Bonchev–Trinajstić information content (AvgIpc) is 2.70. The van der Waals surface area contributed by atoms with Crippen molar-refractivity contribution in [1.82, 2.24) is 5.06 Å². The standard InChI is InChI=1S/C11H14BrNO6S2/c1-7(14)18-13(11(2,3)4)10(15)19-21(16,17)9-8(12)5-6-20-9/h5-6H,1-4H3. The largest absolute Gasteiger partial charge is 0.459 e. The zero-order valence-corrected chi connectivity index (χ0v) is 15.0. The summed E-state index contributed by atoms with van der Waals surface area (Å²) in [7, 11) is -4.30. The lowest BCUT2D eigenvalue weighted by molar-refractivity contribution is -0.194. The summed E-state index contributed by atoms with van der Waals surface area (Å²) in [5, 5.41) is 2.10. The Bertz CT molecular complexity index is 646. The van der Waals surface area contributed by atoms with E-state index in [-0.39, 0.29) is 8.68 Å². The number of thiophene rings is 1. The van der Waals surface area contributed by atoms with E-state index in [1.165, 1.54) is 11.4 Å². The molecule has 10 heteroatoms. The van der Waals surface area contributed by atoms with Crippen LogP contribution in [0.1, 0.15) is 27.7 Å². The second-order valence-electron chi connectivity index (χ2n) is 4.91. The van der Waals surface area contributed by atoms with Crippen LogP contribution in [0.2, 0.25) is 0 Å². The highest BCUT2D eigenvalue weighted by molar-refractivity contribution is 9.10. The molecule has 1 rings (SSSR count). The SMILES string of the molecule is CC(=O)ON(C(=O)OS(=O)(=O)c1sccc1Br)C(C)(C)C. The van der Waals surface area contributed by atoms with Gasteiger partial charge in [-0.1, -0.05) is 0 Å². The van der Waals surface area contributed by atoms with Crippen molar-refractivity contribution in [2.75, 3.05) is 0 Å². The molecule has 0 atom stereocenters. The number of nitrogens with zero attached hydrogens (tertiary/aromatic N) is 1. The number of amides is 1. The molecule has 21 heavy (non-hydrogen) atoms. The van der Waals surface area contributed by atoms with Gasteiger partial charge in [0.25, 0.3) is 0 Å². The Morgan fingerprint density at radius 2 is 1.90 bits per heavy atom. The van der Waals surface area contributed by atoms with E-state index in [0.717, 1.165) is 18.3 Å². The van der Waals surface area contributed by atoms with Gasteiger partial charge in [0.2, 0.25) is 0 Å². The van der Waals surface area contributed by atoms with Crippen molar-refractivity contribution in [3.8, 4) is 0 Å². The smallest absolute Gasteiger partial charge is 0.335 e. The Labute approximate surface area is 135 Å². The van der Waals surface area contributed by atoms with Gasteiger partial charge >= 0.3 is 22.2 Å². The molecule has 7 nitrogen and oxygen atoms in total. The molecule has 0 spiro atoms. The first-order chi connectivity index (χ1) is 9.45. The zero-order valence-electron chi connectivity index (χ0n) is 11.7. The molecule has 0 N–H and O–H groups in total. The van der Waals surface area contributed by atoms with Gasteiger partial charge in [0, 0.05) is 6.92 Å². The first-order valence-corrected chi connectivity index (χ1v) is 8.73. The lowest BCUT2D eigenvalue weighted by Crippen LogP contribution is -2.47. The molecular formula is C11H14BrNO6S2. The van der Waals surface area contributed by atoms with Crippen molar-refractivity contribution < 1.29 is 27.0 Å². The summed E-state index contributed by atoms with van der Waals surface area (Å²) >= 11 is 3.94. The minimum atomic E-state index is -4.30. The van der Waals surface area contributed by atoms with E-state index in [1.54, 1.807) is 20.8 Å². The van der Waals surface area contributed by atoms with E-state index in [4.69, 9.17) is 4.84 Å². The van der Waals surface area contributed by atoms with Crippen LogP contribution in [0.25, 0.3) is 0 Å². The minimum Gasteiger partial charge on any atom is -0.335 e. The molecule has 0 radical (unpaired) electrons. The third-order valence-corrected chi connectivity index (χ3v) is 5.82. The summed E-state index contributed by atoms with van der Waals surface area (Å²) in [6.45, 7) is 5.77. The monoisotopic (exact) mass is 399 g/mol. The van der Waals surface area contributed by atoms with Crippen LogP contribution < -0.4 is 0 Å². The number of halogens is 1. The fourth-order valence-corrected chi connectivity index (χ4v) is 4.27. The Morgan fingerprint density at radius 3 is 2.29 bits per heavy atom. The highest BCUT2D eigenvalue weighted by Gasteiger charge is 2.35. The normalized spacial score (nSPS) is 11.9. The van der Waals surface area contributed by atoms with Crippen LogP contribution in [-0.2, 0) is 23.9 Å². The van der Waals surface area contributed by atoms with Gasteiger partial charge in [-0.05, 0) is 48.1 Å². The van der Waals surface area contributed by atoms with Gasteiger partial charge in [0.1, 0.15) is 0 Å². The minimum absolute atomic E-state index is 0.146.